The highest BCUT2D eigenvalue weighted by Crippen LogP contribution is 2.31. The number of imidazole rings is 1. The van der Waals surface area contributed by atoms with E-state index in [1.54, 1.807) is 29.0 Å². The van der Waals surface area contributed by atoms with E-state index in [1.807, 2.05) is 25.1 Å². The van der Waals surface area contributed by atoms with E-state index in [0.717, 1.165) is 11.1 Å². The molecule has 25 heavy (non-hydrogen) atoms. The second kappa shape index (κ2) is 7.24. The summed E-state index contributed by atoms with van der Waals surface area (Å²) in [5, 5.41) is 7.63. The molecule has 0 saturated carbocycles. The lowest BCUT2D eigenvalue weighted by atomic mass is 9.99. The maximum Gasteiger partial charge on any atom is 0.408 e. The van der Waals surface area contributed by atoms with Crippen LogP contribution in [0.3, 0.4) is 0 Å². The molecule has 2 aromatic heterocycles. The summed E-state index contributed by atoms with van der Waals surface area (Å²) in [5.74, 6) is 2.26. The van der Waals surface area contributed by atoms with Crippen LogP contribution in [0.15, 0.2) is 42.7 Å². The number of aryl methyl sites for hydroxylation is 1. The van der Waals surface area contributed by atoms with Gasteiger partial charge in [0, 0.05) is 16.8 Å². The number of aromatic nitrogens is 3. The summed E-state index contributed by atoms with van der Waals surface area (Å²) in [5.41, 5.74) is 2.98. The molecule has 0 spiro atoms. The van der Waals surface area contributed by atoms with E-state index in [-0.39, 0.29) is 6.61 Å². The lowest BCUT2D eigenvalue weighted by Crippen LogP contribution is -2.31. The van der Waals surface area contributed by atoms with Gasteiger partial charge in [-0.15, -0.1) is 6.42 Å². The number of alkyl carbamates (subject to hydrolysis) is 1. The molecule has 0 radical (unpaired) electrons. The van der Waals surface area contributed by atoms with Gasteiger partial charge >= 0.3 is 6.09 Å². The molecule has 1 amide bonds. The predicted molar refractivity (Wildman–Crippen MR) is 94.3 cm³/mol. The van der Waals surface area contributed by atoms with Gasteiger partial charge < -0.3 is 10.1 Å². The highest BCUT2D eigenvalue weighted by molar-refractivity contribution is 6.31. The third kappa shape index (κ3) is 3.42. The van der Waals surface area contributed by atoms with Gasteiger partial charge in [0.05, 0.1) is 11.9 Å². The van der Waals surface area contributed by atoms with Crippen LogP contribution in [-0.4, -0.2) is 27.3 Å². The molecule has 0 saturated heterocycles. The Bertz CT molecular complexity index is 941. The minimum absolute atomic E-state index is 0.120. The first-order chi connectivity index (χ1) is 12.1. The van der Waals surface area contributed by atoms with E-state index >= 15 is 0 Å². The number of hydrogen-bond acceptors (Lipinski definition) is 4. The van der Waals surface area contributed by atoms with Gasteiger partial charge in [0.1, 0.15) is 6.04 Å². The zero-order valence-corrected chi connectivity index (χ0v) is 14.2. The third-order valence-electron chi connectivity index (χ3n) is 3.71. The number of amides is 1. The number of nitrogens with one attached hydrogen (secondary N) is 1. The maximum absolute atomic E-state index is 12.1. The Morgan fingerprint density at radius 3 is 3.04 bits per heavy atom. The van der Waals surface area contributed by atoms with Crippen molar-refractivity contribution in [3.05, 3.63) is 64.6 Å². The zero-order chi connectivity index (χ0) is 17.8. The van der Waals surface area contributed by atoms with Crippen LogP contribution in [0.1, 0.15) is 22.9 Å². The summed E-state index contributed by atoms with van der Waals surface area (Å²) in [4.78, 5) is 16.4. The van der Waals surface area contributed by atoms with Crippen molar-refractivity contribution in [3.8, 4) is 12.3 Å². The summed E-state index contributed by atoms with van der Waals surface area (Å²) in [6, 6.07) is 8.55. The van der Waals surface area contributed by atoms with Gasteiger partial charge in [0.15, 0.2) is 12.3 Å². The van der Waals surface area contributed by atoms with Gasteiger partial charge in [0.25, 0.3) is 0 Å². The molecule has 126 valence electrons. The summed E-state index contributed by atoms with van der Waals surface area (Å²) >= 11 is 6.41. The van der Waals surface area contributed by atoms with Crippen LogP contribution >= 0.6 is 11.6 Å². The van der Waals surface area contributed by atoms with Crippen molar-refractivity contribution in [2.45, 2.75) is 13.0 Å². The molecule has 0 aliphatic heterocycles. The normalized spacial score (nSPS) is 11.7. The van der Waals surface area contributed by atoms with Crippen molar-refractivity contribution >= 4 is 23.3 Å². The van der Waals surface area contributed by atoms with Crippen LogP contribution in [0.4, 0.5) is 4.79 Å². The summed E-state index contributed by atoms with van der Waals surface area (Å²) in [7, 11) is 0. The van der Waals surface area contributed by atoms with Crippen molar-refractivity contribution in [2.24, 2.45) is 0 Å². The van der Waals surface area contributed by atoms with E-state index in [0.29, 0.717) is 16.4 Å². The van der Waals surface area contributed by atoms with Gasteiger partial charge in [-0.25, -0.2) is 14.3 Å². The van der Waals surface area contributed by atoms with Gasteiger partial charge in [0.2, 0.25) is 0 Å². The molecule has 0 aliphatic carbocycles. The Morgan fingerprint density at radius 1 is 1.44 bits per heavy atom. The molecular formula is C18H15ClN4O2. The average Bonchev–Trinajstić information content (AvgIpc) is 3.03. The molecule has 1 aromatic carbocycles. The number of hydrogen-bond donors (Lipinski definition) is 1. The molecule has 1 unspecified atom stereocenters. The SMILES string of the molecule is C#CCOC(=O)NC(c1c(C)cccc1Cl)c1cnc2cccnn12. The van der Waals surface area contributed by atoms with E-state index in [1.165, 1.54) is 0 Å². The summed E-state index contributed by atoms with van der Waals surface area (Å²) in [6.45, 7) is 1.80. The van der Waals surface area contributed by atoms with Crippen molar-refractivity contribution < 1.29 is 9.53 Å². The predicted octanol–water partition coefficient (Wildman–Crippen LogP) is 3.14. The molecule has 7 heteroatoms. The molecule has 2 heterocycles. The van der Waals surface area contributed by atoms with E-state index in [2.05, 4.69) is 21.3 Å². The first kappa shape index (κ1) is 16.8. The van der Waals surface area contributed by atoms with Crippen molar-refractivity contribution in [1.29, 1.82) is 0 Å². The zero-order valence-electron chi connectivity index (χ0n) is 13.4. The van der Waals surface area contributed by atoms with Gasteiger partial charge in [-0.05, 0) is 30.7 Å². The molecular weight excluding hydrogens is 340 g/mol. The number of nitrogens with zero attached hydrogens (tertiary/aromatic N) is 3. The Balaban J connectivity index is 2.09. The second-order valence-corrected chi connectivity index (χ2v) is 5.71. The van der Waals surface area contributed by atoms with Crippen molar-refractivity contribution in [1.82, 2.24) is 19.9 Å². The minimum atomic E-state index is -0.645. The van der Waals surface area contributed by atoms with Crippen LogP contribution in [0.2, 0.25) is 5.02 Å². The largest absolute Gasteiger partial charge is 0.436 e. The molecule has 6 nitrogen and oxygen atoms in total. The number of benzene rings is 1. The highest BCUT2D eigenvalue weighted by Gasteiger charge is 2.25. The van der Waals surface area contributed by atoms with E-state index in [4.69, 9.17) is 22.8 Å². The average molecular weight is 355 g/mol. The third-order valence-corrected chi connectivity index (χ3v) is 4.04. The fraction of sp³-hybridized carbons (Fsp3) is 0.167. The van der Waals surface area contributed by atoms with Crippen LogP contribution in [0, 0.1) is 19.3 Å². The Hall–Kier alpha value is -3.04. The highest BCUT2D eigenvalue weighted by atomic mass is 35.5. The number of rotatable bonds is 4. The summed E-state index contributed by atoms with van der Waals surface area (Å²) in [6.07, 6.45) is 7.78. The molecule has 1 atom stereocenters. The van der Waals surface area contributed by atoms with Gasteiger partial charge in [-0.2, -0.15) is 5.10 Å². The molecule has 0 aliphatic rings. The lowest BCUT2D eigenvalue weighted by Gasteiger charge is -2.21. The Kier molecular flexibility index (Phi) is 4.87. The maximum atomic E-state index is 12.1. The fourth-order valence-electron chi connectivity index (χ4n) is 2.62. The van der Waals surface area contributed by atoms with E-state index in [9.17, 15) is 4.79 Å². The van der Waals surface area contributed by atoms with Gasteiger partial charge in [-0.3, -0.25) is 0 Å². The fourth-order valence-corrected chi connectivity index (χ4v) is 2.95. The van der Waals surface area contributed by atoms with Crippen LogP contribution in [0.5, 0.6) is 0 Å². The minimum Gasteiger partial charge on any atom is -0.436 e. The molecule has 0 bridgehead atoms. The smallest absolute Gasteiger partial charge is 0.408 e. The number of fused-ring (bicyclic) bond motifs is 1. The van der Waals surface area contributed by atoms with Crippen molar-refractivity contribution in [2.75, 3.05) is 6.61 Å². The first-order valence-electron chi connectivity index (χ1n) is 7.52. The quantitative estimate of drug-likeness (QED) is 0.731. The van der Waals surface area contributed by atoms with Crippen LogP contribution in [-0.2, 0) is 4.74 Å². The number of ether oxygens (including phenoxy) is 1. The van der Waals surface area contributed by atoms with Gasteiger partial charge in [-0.1, -0.05) is 29.7 Å². The topological polar surface area (TPSA) is 68.5 Å². The summed E-state index contributed by atoms with van der Waals surface area (Å²) < 4.78 is 6.60. The molecule has 3 rings (SSSR count). The Morgan fingerprint density at radius 2 is 2.28 bits per heavy atom. The number of terminal acetylenes is 1. The van der Waals surface area contributed by atoms with Crippen LogP contribution in [0.25, 0.3) is 5.65 Å². The number of carbonyl (C=O) groups excluding carboxylic acids is 1. The number of halogens is 1. The first-order valence-corrected chi connectivity index (χ1v) is 7.90. The monoisotopic (exact) mass is 354 g/mol. The molecule has 0 fully saturated rings. The molecule has 3 aromatic rings. The van der Waals surface area contributed by atoms with E-state index < -0.39 is 12.1 Å². The van der Waals surface area contributed by atoms with Crippen LogP contribution < -0.4 is 5.32 Å². The lowest BCUT2D eigenvalue weighted by molar-refractivity contribution is 0.157. The second-order valence-electron chi connectivity index (χ2n) is 5.30. The van der Waals surface area contributed by atoms with Crippen molar-refractivity contribution in [3.63, 3.8) is 0 Å². The standard InChI is InChI=1S/C18H15ClN4O2/c1-3-10-25-18(24)22-17(16-12(2)6-4-7-13(16)19)14-11-20-15-8-5-9-21-23(14)15/h1,4-9,11,17H,10H2,2H3,(H,22,24). The molecule has 1 N–H and O–H groups in total. The Labute approximate surface area is 149 Å². The number of carbonyl (C=O) groups is 1.